The molecule has 0 spiro atoms. The first-order chi connectivity index (χ1) is 9.84. The third-order valence-electron chi connectivity index (χ3n) is 3.50. The summed E-state index contributed by atoms with van der Waals surface area (Å²) in [6.45, 7) is 1.80. The van der Waals surface area contributed by atoms with Gasteiger partial charge in [0.1, 0.15) is 6.04 Å². The van der Waals surface area contributed by atoms with Crippen molar-refractivity contribution in [2.45, 2.75) is 38.6 Å². The fraction of sp³-hybridized carbons (Fsp3) is 0.571. The van der Waals surface area contributed by atoms with Gasteiger partial charge in [-0.3, -0.25) is 19.3 Å². The van der Waals surface area contributed by atoms with Crippen LogP contribution in [0.5, 0.6) is 0 Å². The SMILES string of the molecule is C[C@H](C(=O)O)N(C)C(=O)CCCCCN1C(=O)C=CC1=O. The Hall–Kier alpha value is -2.18. The molecule has 1 heterocycles. The van der Waals surface area contributed by atoms with Crippen molar-refractivity contribution in [1.82, 2.24) is 9.80 Å². The highest BCUT2D eigenvalue weighted by Crippen LogP contribution is 2.09. The van der Waals surface area contributed by atoms with Crippen LogP contribution in [0.15, 0.2) is 12.2 Å². The average molecular weight is 296 g/mol. The second-order valence-electron chi connectivity index (χ2n) is 4.99. The number of carbonyl (C=O) groups excluding carboxylic acids is 3. The van der Waals surface area contributed by atoms with Crippen molar-refractivity contribution in [2.75, 3.05) is 13.6 Å². The number of rotatable bonds is 8. The van der Waals surface area contributed by atoms with E-state index in [9.17, 15) is 19.2 Å². The van der Waals surface area contributed by atoms with Crippen molar-refractivity contribution in [2.24, 2.45) is 0 Å². The van der Waals surface area contributed by atoms with Crippen LogP contribution in [0.3, 0.4) is 0 Å². The zero-order valence-electron chi connectivity index (χ0n) is 12.2. The van der Waals surface area contributed by atoms with Crippen molar-refractivity contribution in [3.63, 3.8) is 0 Å². The Kier molecular flexibility index (Phi) is 6.08. The summed E-state index contributed by atoms with van der Waals surface area (Å²) < 4.78 is 0. The Morgan fingerprint density at radius 2 is 1.76 bits per heavy atom. The van der Waals surface area contributed by atoms with E-state index in [-0.39, 0.29) is 24.1 Å². The van der Waals surface area contributed by atoms with Crippen molar-refractivity contribution >= 4 is 23.7 Å². The number of carboxylic acids is 1. The van der Waals surface area contributed by atoms with E-state index in [1.807, 2.05) is 0 Å². The van der Waals surface area contributed by atoms with Crippen LogP contribution < -0.4 is 0 Å². The lowest BCUT2D eigenvalue weighted by Gasteiger charge is -2.21. The van der Waals surface area contributed by atoms with Crippen LogP contribution in [-0.2, 0) is 19.2 Å². The predicted molar refractivity (Wildman–Crippen MR) is 74.2 cm³/mol. The number of carbonyl (C=O) groups is 4. The molecule has 0 unspecified atom stereocenters. The molecule has 3 amide bonds. The Labute approximate surface area is 123 Å². The molecule has 1 atom stereocenters. The van der Waals surface area contributed by atoms with Crippen molar-refractivity contribution in [3.8, 4) is 0 Å². The zero-order valence-corrected chi connectivity index (χ0v) is 12.2. The van der Waals surface area contributed by atoms with Crippen molar-refractivity contribution < 1.29 is 24.3 Å². The quantitative estimate of drug-likeness (QED) is 0.517. The number of carboxylic acid groups (broad SMARTS) is 1. The minimum absolute atomic E-state index is 0.222. The maximum absolute atomic E-state index is 11.7. The summed E-state index contributed by atoms with van der Waals surface area (Å²) in [4.78, 5) is 47.5. The van der Waals surface area contributed by atoms with Crippen LogP contribution in [0.2, 0.25) is 0 Å². The monoisotopic (exact) mass is 296 g/mol. The summed E-state index contributed by atoms with van der Waals surface area (Å²) in [7, 11) is 1.47. The molecule has 1 aliphatic rings. The molecule has 0 bridgehead atoms. The smallest absolute Gasteiger partial charge is 0.326 e. The summed E-state index contributed by atoms with van der Waals surface area (Å²) in [6, 6.07) is -0.844. The van der Waals surface area contributed by atoms with Crippen LogP contribution in [0.4, 0.5) is 0 Å². The fourth-order valence-corrected chi connectivity index (χ4v) is 1.93. The highest BCUT2D eigenvalue weighted by Gasteiger charge is 2.23. The van der Waals surface area contributed by atoms with Gasteiger partial charge in [0.15, 0.2) is 0 Å². The molecule has 116 valence electrons. The van der Waals surface area contributed by atoms with Crippen LogP contribution >= 0.6 is 0 Å². The third-order valence-corrected chi connectivity index (χ3v) is 3.50. The number of nitrogens with zero attached hydrogens (tertiary/aromatic N) is 2. The molecule has 0 aromatic heterocycles. The van der Waals surface area contributed by atoms with Gasteiger partial charge in [-0.1, -0.05) is 6.42 Å². The number of hydrogen-bond donors (Lipinski definition) is 1. The molecule has 0 aromatic rings. The topological polar surface area (TPSA) is 95.0 Å². The van der Waals surface area contributed by atoms with Gasteiger partial charge in [0.2, 0.25) is 5.91 Å². The van der Waals surface area contributed by atoms with E-state index in [0.717, 1.165) is 0 Å². The molecule has 0 fully saturated rings. The van der Waals surface area contributed by atoms with E-state index in [0.29, 0.717) is 25.8 Å². The number of likely N-dealkylation sites (N-methyl/N-ethyl adjacent to an activating group) is 1. The minimum atomic E-state index is -1.04. The highest BCUT2D eigenvalue weighted by molar-refractivity contribution is 6.12. The Morgan fingerprint density at radius 3 is 2.29 bits per heavy atom. The Morgan fingerprint density at radius 1 is 1.19 bits per heavy atom. The van der Waals surface area contributed by atoms with Gasteiger partial charge in [-0.15, -0.1) is 0 Å². The van der Waals surface area contributed by atoms with E-state index in [2.05, 4.69) is 0 Å². The van der Waals surface area contributed by atoms with Crippen molar-refractivity contribution in [3.05, 3.63) is 12.2 Å². The van der Waals surface area contributed by atoms with Crippen molar-refractivity contribution in [1.29, 1.82) is 0 Å². The maximum atomic E-state index is 11.7. The summed E-state index contributed by atoms with van der Waals surface area (Å²) in [5.41, 5.74) is 0. The van der Waals surface area contributed by atoms with E-state index in [1.54, 1.807) is 0 Å². The van der Waals surface area contributed by atoms with Crippen LogP contribution in [-0.4, -0.2) is 58.2 Å². The molecule has 0 aromatic carbocycles. The van der Waals surface area contributed by atoms with Gasteiger partial charge in [-0.2, -0.15) is 0 Å². The summed E-state index contributed by atoms with van der Waals surface area (Å²) in [6.07, 6.45) is 4.67. The van der Waals surface area contributed by atoms with Gasteiger partial charge in [0.05, 0.1) is 0 Å². The lowest BCUT2D eigenvalue weighted by molar-refractivity contribution is -0.148. The number of unbranched alkanes of at least 4 members (excludes halogenated alkanes) is 2. The number of aliphatic carboxylic acids is 1. The molecular formula is C14H20N2O5. The Bertz CT molecular complexity index is 454. The first-order valence-electron chi connectivity index (χ1n) is 6.86. The molecule has 1 N–H and O–H groups in total. The lowest BCUT2D eigenvalue weighted by atomic mass is 10.1. The van der Waals surface area contributed by atoms with Gasteiger partial charge < -0.3 is 10.0 Å². The zero-order chi connectivity index (χ0) is 16.0. The van der Waals surface area contributed by atoms with E-state index < -0.39 is 12.0 Å². The normalized spacial score (nSPS) is 15.4. The lowest BCUT2D eigenvalue weighted by Crippen LogP contribution is -2.40. The molecule has 7 nitrogen and oxygen atoms in total. The molecule has 0 aliphatic carbocycles. The molecule has 1 rings (SSSR count). The second kappa shape index (κ2) is 7.56. The standard InChI is InChI=1S/C14H20N2O5/c1-10(14(20)21)15(2)11(17)6-4-3-5-9-16-12(18)7-8-13(16)19/h7-8,10H,3-6,9H2,1-2H3,(H,20,21)/t10-/m1/s1. The molecule has 21 heavy (non-hydrogen) atoms. The molecule has 0 radical (unpaired) electrons. The summed E-state index contributed by atoms with van der Waals surface area (Å²) in [5.74, 6) is -1.86. The van der Waals surface area contributed by atoms with Gasteiger partial charge in [0, 0.05) is 32.2 Å². The molecule has 0 saturated carbocycles. The van der Waals surface area contributed by atoms with E-state index >= 15 is 0 Å². The van der Waals surface area contributed by atoms with Gasteiger partial charge >= 0.3 is 5.97 Å². The largest absolute Gasteiger partial charge is 0.480 e. The van der Waals surface area contributed by atoms with E-state index in [1.165, 1.54) is 35.9 Å². The summed E-state index contributed by atoms with van der Waals surface area (Å²) in [5, 5.41) is 8.81. The third kappa shape index (κ3) is 4.70. The minimum Gasteiger partial charge on any atom is -0.480 e. The van der Waals surface area contributed by atoms with Crippen LogP contribution in [0, 0.1) is 0 Å². The Balaban J connectivity index is 2.19. The van der Waals surface area contributed by atoms with Crippen LogP contribution in [0.1, 0.15) is 32.6 Å². The molecule has 0 saturated heterocycles. The average Bonchev–Trinajstić information content (AvgIpc) is 2.76. The number of imide groups is 1. The molecule has 7 heteroatoms. The molecule has 1 aliphatic heterocycles. The second-order valence-corrected chi connectivity index (χ2v) is 4.99. The maximum Gasteiger partial charge on any atom is 0.326 e. The molecular weight excluding hydrogens is 276 g/mol. The van der Waals surface area contributed by atoms with Gasteiger partial charge in [-0.05, 0) is 19.8 Å². The first-order valence-corrected chi connectivity index (χ1v) is 6.86. The predicted octanol–water partition coefficient (Wildman–Crippen LogP) is 0.403. The van der Waals surface area contributed by atoms with Gasteiger partial charge in [0.25, 0.3) is 11.8 Å². The number of hydrogen-bond acceptors (Lipinski definition) is 4. The fourth-order valence-electron chi connectivity index (χ4n) is 1.93. The first kappa shape index (κ1) is 16.9. The number of amides is 3. The van der Waals surface area contributed by atoms with E-state index in [4.69, 9.17) is 5.11 Å². The summed E-state index contributed by atoms with van der Waals surface area (Å²) >= 11 is 0. The van der Waals surface area contributed by atoms with Crippen LogP contribution in [0.25, 0.3) is 0 Å². The highest BCUT2D eigenvalue weighted by atomic mass is 16.4. The van der Waals surface area contributed by atoms with Gasteiger partial charge in [-0.25, -0.2) is 4.79 Å².